The zero-order valence-corrected chi connectivity index (χ0v) is 36.2. The van der Waals surface area contributed by atoms with Crippen molar-refractivity contribution in [1.82, 2.24) is 9.80 Å². The molecule has 66 heavy (non-hydrogen) atoms. The van der Waals surface area contributed by atoms with Crippen LogP contribution in [0.15, 0.2) is 24.3 Å². The highest BCUT2D eigenvalue weighted by molar-refractivity contribution is 6.33. The van der Waals surface area contributed by atoms with Crippen molar-refractivity contribution in [2.45, 2.75) is 61.8 Å². The number of fused-ring (bicyclic) bond motifs is 6. The highest BCUT2D eigenvalue weighted by Gasteiger charge is 2.71. The summed E-state index contributed by atoms with van der Waals surface area (Å²) in [6, 6.07) is 3.01. The maximum Gasteiger partial charge on any atom is 0.235 e. The van der Waals surface area contributed by atoms with Crippen LogP contribution in [0.5, 0.6) is 11.5 Å². The third-order valence-electron chi connectivity index (χ3n) is 14.7. The molecule has 0 aliphatic heterocycles. The molecule has 8 rings (SSSR count). The first-order valence-electron chi connectivity index (χ1n) is 21.4. The number of carbonyl (C=O) groups is 10. The smallest absolute Gasteiger partial charge is 0.235 e. The number of Topliss-reactive ketones (excluding diaryl/α,β-unsaturated/α-hetero) is 8. The van der Waals surface area contributed by atoms with Crippen LogP contribution < -0.4 is 11.5 Å². The lowest BCUT2D eigenvalue weighted by Crippen LogP contribution is -2.74. The van der Waals surface area contributed by atoms with Gasteiger partial charge in [-0.3, -0.25) is 57.7 Å². The number of nitrogens with two attached hydrogens (primary N) is 2. The molecule has 6 aliphatic rings. The molecule has 0 radical (unpaired) electrons. The van der Waals surface area contributed by atoms with Crippen LogP contribution in [0.25, 0.3) is 0 Å². The van der Waals surface area contributed by atoms with E-state index in [-0.39, 0.29) is 49.7 Å². The summed E-state index contributed by atoms with van der Waals surface area (Å²) < 4.78 is 0. The normalized spacial score (nSPS) is 33.3. The number of nitrogens with zero attached hydrogens (tertiary/aromatic N) is 2. The van der Waals surface area contributed by atoms with E-state index in [0.29, 0.717) is 22.3 Å². The van der Waals surface area contributed by atoms with Gasteiger partial charge in [-0.15, -0.1) is 0 Å². The fourth-order valence-corrected chi connectivity index (χ4v) is 11.9. The number of likely N-dealkylation sites (N-methyl/N-ethyl adjacent to an activating group) is 2. The topological polar surface area (TPSA) is 310 Å². The zero-order chi connectivity index (χ0) is 48.2. The van der Waals surface area contributed by atoms with E-state index in [1.54, 1.807) is 0 Å². The van der Waals surface area contributed by atoms with E-state index < -0.39 is 140 Å². The van der Waals surface area contributed by atoms with E-state index in [2.05, 4.69) is 23.7 Å². The van der Waals surface area contributed by atoms with Gasteiger partial charge in [0.2, 0.25) is 11.8 Å². The number of unbranched alkanes of at least 4 members (excludes halogenated alkanes) is 1. The molecular weight excluding hydrogens is 857 g/mol. The van der Waals surface area contributed by atoms with Crippen LogP contribution in [0.2, 0.25) is 0 Å². The number of hydrogen-bond donors (Lipinski definition) is 6. The van der Waals surface area contributed by atoms with Crippen molar-refractivity contribution in [1.29, 1.82) is 0 Å². The summed E-state index contributed by atoms with van der Waals surface area (Å²) in [5.41, 5.74) is 6.10. The first-order chi connectivity index (χ1) is 31.0. The molecule has 0 bridgehead atoms. The Morgan fingerprint density at radius 2 is 0.955 bits per heavy atom. The first-order valence-corrected chi connectivity index (χ1v) is 21.4. The molecule has 4 fully saturated rings. The minimum atomic E-state index is -2.85. The van der Waals surface area contributed by atoms with Gasteiger partial charge in [0.25, 0.3) is 0 Å². The Morgan fingerprint density at radius 1 is 0.606 bits per heavy atom. The molecule has 0 spiro atoms. The lowest BCUT2D eigenvalue weighted by Gasteiger charge is -2.52. The predicted octanol–water partition coefficient (Wildman–Crippen LogP) is -1.77. The average molecular weight is 903 g/mol. The Balaban J connectivity index is 1.03. The van der Waals surface area contributed by atoms with Crippen molar-refractivity contribution in [2.75, 3.05) is 28.2 Å². The SMILES string of the molecule is CN(C)[C@@H]1C(=O)C(C(N)=O)C(=O)[C@@]2(O)C(=O)C3C(=O)c4c(O)ccc(C#CCCC#Cc5ccc(O)c6c5CC5CC7[C@H](N(C)C)C(=O)C(C(N)=O)C(=O)[C@@]7(O)C(=O)C5C6=O)c4CC3CC12. The van der Waals surface area contributed by atoms with Gasteiger partial charge in [0.05, 0.1) is 35.0 Å². The Hall–Kier alpha value is -6.70. The number of primary amides is 2. The third kappa shape index (κ3) is 6.41. The Labute approximate surface area is 377 Å². The molecule has 2 aromatic rings. The molecule has 18 heteroatoms. The van der Waals surface area contributed by atoms with Crippen molar-refractivity contribution in [2.24, 2.45) is 58.8 Å². The second kappa shape index (κ2) is 16.0. The molecular formula is C48H46N4O14. The Morgan fingerprint density at radius 3 is 1.27 bits per heavy atom. The van der Waals surface area contributed by atoms with E-state index >= 15 is 0 Å². The molecule has 6 aliphatic carbocycles. The highest BCUT2D eigenvalue weighted by atomic mass is 16.3. The summed E-state index contributed by atoms with van der Waals surface area (Å²) in [5.74, 6) is -11.4. The van der Waals surface area contributed by atoms with Gasteiger partial charge in [0.15, 0.2) is 69.3 Å². The summed E-state index contributed by atoms with van der Waals surface area (Å²) in [6.07, 6.45) is 0.178. The predicted molar refractivity (Wildman–Crippen MR) is 226 cm³/mol. The minimum Gasteiger partial charge on any atom is -0.507 e. The standard InChI is InChI=1S/C48H46N4O14/c1-51(2)35-25-17-21-15-23-19(11-13-27(53)31(23)37(55)29(21)41(59)47(25,65)43(61)33(39(35)57)45(49)63)9-7-5-6-8-10-20-12-14-28(54)32-24(20)16-22-18-26-36(52(3)4)40(58)34(46(50)64)44(62)48(26,66)42(60)30(22)38(32)56/h11-14,21-22,25-26,29-30,33-36,53-54,65-66H,5-6,15-18H2,1-4H3,(H2,49,63)(H2,50,64)/t21?,22?,25?,26?,29?,30?,33?,34?,35-,36-,47-,48-/m0/s1. The largest absolute Gasteiger partial charge is 0.507 e. The molecule has 8 N–H and O–H groups in total. The van der Waals surface area contributed by atoms with Gasteiger partial charge in [-0.2, -0.15) is 0 Å². The molecule has 12 atom stereocenters. The Bertz CT molecular complexity index is 2600. The van der Waals surface area contributed by atoms with Crippen molar-refractivity contribution in [3.63, 3.8) is 0 Å². The molecule has 0 saturated heterocycles. The molecule has 4 saturated carbocycles. The number of rotatable bonds is 5. The van der Waals surface area contributed by atoms with Gasteiger partial charge in [-0.25, -0.2) is 0 Å². The van der Waals surface area contributed by atoms with Gasteiger partial charge >= 0.3 is 0 Å². The molecule has 2 amide bonds. The highest BCUT2D eigenvalue weighted by Crippen LogP contribution is 2.53. The van der Waals surface area contributed by atoms with E-state index in [1.165, 1.54) is 62.3 Å². The van der Waals surface area contributed by atoms with Crippen LogP contribution in [0, 0.1) is 71.0 Å². The van der Waals surface area contributed by atoms with Gasteiger partial charge < -0.3 is 31.9 Å². The maximum atomic E-state index is 14.1. The first kappa shape index (κ1) is 45.9. The second-order valence-electron chi connectivity index (χ2n) is 18.7. The van der Waals surface area contributed by atoms with E-state index in [0.717, 1.165) is 0 Å². The summed E-state index contributed by atoms with van der Waals surface area (Å²) in [6.45, 7) is 0. The quantitative estimate of drug-likeness (QED) is 0.110. The summed E-state index contributed by atoms with van der Waals surface area (Å²) in [4.78, 5) is 138. The minimum absolute atomic E-state index is 0.0263. The fraction of sp³-hybridized carbons (Fsp3) is 0.458. The van der Waals surface area contributed by atoms with Crippen LogP contribution in [0.3, 0.4) is 0 Å². The van der Waals surface area contributed by atoms with E-state index in [4.69, 9.17) is 11.5 Å². The molecule has 342 valence electrons. The third-order valence-corrected chi connectivity index (χ3v) is 14.7. The monoisotopic (exact) mass is 902 g/mol. The number of amides is 2. The second-order valence-corrected chi connectivity index (χ2v) is 18.7. The van der Waals surface area contributed by atoms with Crippen LogP contribution in [0.1, 0.15) is 68.7 Å². The molecule has 18 nitrogen and oxygen atoms in total. The van der Waals surface area contributed by atoms with Gasteiger partial charge in [-0.05, 0) is 101 Å². The summed E-state index contributed by atoms with van der Waals surface area (Å²) in [5, 5.41) is 45.4. The van der Waals surface area contributed by atoms with Crippen molar-refractivity contribution in [3.8, 4) is 35.2 Å². The number of carbonyl (C=O) groups excluding carboxylic acids is 10. The van der Waals surface area contributed by atoms with Crippen molar-refractivity contribution < 1.29 is 68.4 Å². The van der Waals surface area contributed by atoms with Gasteiger partial charge in [0, 0.05) is 35.8 Å². The van der Waals surface area contributed by atoms with E-state index in [9.17, 15) is 68.4 Å². The Kier molecular flexibility index (Phi) is 11.1. The molecule has 2 aromatic carbocycles. The lowest BCUT2D eigenvalue weighted by molar-refractivity contribution is -0.183. The number of aromatic hydroxyl groups is 2. The lowest BCUT2D eigenvalue weighted by atomic mass is 9.52. The molecule has 0 aromatic heterocycles. The molecule has 0 heterocycles. The number of benzene rings is 2. The van der Waals surface area contributed by atoms with Crippen LogP contribution in [0.4, 0.5) is 0 Å². The van der Waals surface area contributed by atoms with Crippen LogP contribution >= 0.6 is 0 Å². The number of phenols is 2. The summed E-state index contributed by atoms with van der Waals surface area (Å²) in [7, 11) is 5.99. The molecule has 8 unspecified atom stereocenters. The number of hydrogen-bond acceptors (Lipinski definition) is 16. The van der Waals surface area contributed by atoms with Crippen LogP contribution in [-0.4, -0.2) is 140 Å². The maximum absolute atomic E-state index is 14.1. The van der Waals surface area contributed by atoms with Crippen molar-refractivity contribution in [3.05, 3.63) is 57.6 Å². The number of ketones is 8. The number of aliphatic hydroxyl groups is 2. The summed E-state index contributed by atoms with van der Waals surface area (Å²) >= 11 is 0. The van der Waals surface area contributed by atoms with E-state index in [1.807, 2.05) is 0 Å². The zero-order valence-electron chi connectivity index (χ0n) is 36.2. The van der Waals surface area contributed by atoms with Crippen molar-refractivity contribution >= 4 is 58.1 Å². The average Bonchev–Trinajstić information content (AvgIpc) is 3.22. The van der Waals surface area contributed by atoms with Gasteiger partial charge in [0.1, 0.15) is 11.5 Å². The number of phenolic OH excluding ortho intramolecular Hbond substituents is 2. The van der Waals surface area contributed by atoms with Gasteiger partial charge in [-0.1, -0.05) is 23.7 Å². The fourth-order valence-electron chi connectivity index (χ4n) is 11.9. The van der Waals surface area contributed by atoms with Crippen LogP contribution in [-0.2, 0) is 51.2 Å².